The van der Waals surface area contributed by atoms with Crippen LogP contribution in [0.4, 0.5) is 0 Å². The van der Waals surface area contributed by atoms with Crippen LogP contribution in [0.3, 0.4) is 0 Å². The summed E-state index contributed by atoms with van der Waals surface area (Å²) in [7, 11) is 1.74. The van der Waals surface area contributed by atoms with Gasteiger partial charge in [-0.3, -0.25) is 4.79 Å². The van der Waals surface area contributed by atoms with Crippen molar-refractivity contribution in [3.63, 3.8) is 0 Å². The molecule has 10 aliphatic rings. The lowest BCUT2D eigenvalue weighted by Gasteiger charge is -2.73. The third-order valence-electron chi connectivity index (χ3n) is 19.9. The zero-order chi connectivity index (χ0) is 48.1. The molecule has 0 amide bonds. The third kappa shape index (κ3) is 6.81. The molecule has 9 fully saturated rings. The van der Waals surface area contributed by atoms with Gasteiger partial charge in [0, 0.05) is 7.11 Å². The Morgan fingerprint density at radius 1 is 0.697 bits per heavy atom. The van der Waals surface area contributed by atoms with Crippen molar-refractivity contribution < 1.29 is 88.6 Å². The second-order valence-corrected chi connectivity index (χ2v) is 23.3. The Kier molecular flexibility index (Phi) is 12.4. The summed E-state index contributed by atoms with van der Waals surface area (Å²) in [5.41, 5.74) is -2.63. The first-order valence-electron chi connectivity index (χ1n) is 24.3. The largest absolute Gasteiger partial charge is 0.455 e. The number of fused-ring (bicyclic) bond motifs is 7. The predicted octanol–water partition coefficient (Wildman–Crippen LogP) is 0.708. The molecule has 5 saturated heterocycles. The number of ether oxygens (including phenoxy) is 8. The van der Waals surface area contributed by atoms with Crippen LogP contribution < -0.4 is 0 Å². The highest BCUT2D eigenvalue weighted by molar-refractivity contribution is 5.86. The molecule has 18 nitrogen and oxygen atoms in total. The van der Waals surface area contributed by atoms with Crippen molar-refractivity contribution >= 4 is 5.97 Å². The van der Waals surface area contributed by atoms with Crippen molar-refractivity contribution in [1.29, 1.82) is 0 Å². The SMILES string of the molecule is CO[C@H]1C[C@@H]2[C@@]3(C)CC[C@H](O[C@H]4OC[C@H](O)[C@H](O[C@@H]5O[C@H](CO)[C@@H](O)[C@H](O)[C@H]5O)[C@H]4O[C@@H]4O[C@@H](C)[C@H](O)[C@@H](O)[C@H]4O)C(C)(C)[C@@H]3CC[C@@]2(C)[C@]2(C)CCC34CC[C@](C)(OC3=O)[C@@](C)(O)C4=C12. The molecule has 5 heterocycles. The fourth-order valence-electron chi connectivity index (χ4n) is 15.5. The number of esters is 1. The van der Waals surface area contributed by atoms with Gasteiger partial charge in [0.05, 0.1) is 36.9 Å². The van der Waals surface area contributed by atoms with Crippen LogP contribution in [0.15, 0.2) is 11.1 Å². The van der Waals surface area contributed by atoms with Gasteiger partial charge < -0.3 is 83.9 Å². The topological polar surface area (TPSA) is 273 Å². The van der Waals surface area contributed by atoms with E-state index in [1.165, 1.54) is 6.92 Å². The Hall–Kier alpha value is -1.43. The Bertz CT molecular complexity index is 1890. The molecular weight excluding hydrogens is 865 g/mol. The van der Waals surface area contributed by atoms with Gasteiger partial charge in [-0.15, -0.1) is 0 Å². The molecular formula is C48H76O18. The summed E-state index contributed by atoms with van der Waals surface area (Å²) < 4.78 is 49.8. The lowest BCUT2D eigenvalue weighted by atomic mass is 9.33. The quantitative estimate of drug-likeness (QED) is 0.0921. The van der Waals surface area contributed by atoms with E-state index in [1.54, 1.807) is 7.11 Å². The summed E-state index contributed by atoms with van der Waals surface area (Å²) in [5.74, 6) is 0.0904. The first kappa shape index (κ1) is 49.5. The van der Waals surface area contributed by atoms with E-state index in [0.717, 1.165) is 36.8 Å². The van der Waals surface area contributed by atoms with Gasteiger partial charge in [0.15, 0.2) is 18.9 Å². The molecule has 9 N–H and O–H groups in total. The zero-order valence-corrected chi connectivity index (χ0v) is 39.9. The molecule has 24 atom stereocenters. The van der Waals surface area contributed by atoms with Crippen LogP contribution in [0.2, 0.25) is 0 Å². The lowest BCUT2D eigenvalue weighted by molar-refractivity contribution is -0.388. The number of hydrogen-bond donors (Lipinski definition) is 9. The van der Waals surface area contributed by atoms with Crippen molar-refractivity contribution in [2.45, 2.75) is 223 Å². The van der Waals surface area contributed by atoms with E-state index in [0.29, 0.717) is 32.1 Å². The smallest absolute Gasteiger partial charge is 0.317 e. The van der Waals surface area contributed by atoms with Gasteiger partial charge in [-0.05, 0) is 123 Å². The summed E-state index contributed by atoms with van der Waals surface area (Å²) in [6.45, 7) is 15.7. The molecule has 1 spiro atoms. The van der Waals surface area contributed by atoms with Crippen molar-refractivity contribution in [3.8, 4) is 0 Å². The van der Waals surface area contributed by atoms with Gasteiger partial charge in [-0.2, -0.15) is 0 Å². The van der Waals surface area contributed by atoms with Crippen LogP contribution in [0.1, 0.15) is 113 Å². The summed E-state index contributed by atoms with van der Waals surface area (Å²) in [5, 5.41) is 98.2. The van der Waals surface area contributed by atoms with E-state index in [4.69, 9.17) is 37.9 Å². The standard InChI is InChI=1S/C48H76O18/c1-21-29(51)31(53)33(55)38(61-21)65-36-35(64-39-34(56)32(54)30(52)24(19-49)62-39)22(50)20-60-40(36)63-27-11-12-43(4)25(42(27,2)3)10-13-44(5)26(43)18-23(59-9)28-37-47(8,58)46(7)15-17-48(37,41(57)66-46)16-14-45(28,44)6/h21-27,29-36,38-40,49-56,58H,10-20H2,1-9H3/t21-,22-,23-,24+,25-,26+,27-,29-,30+,31+,32-,33+,34+,35-,36+,38-,39-,40+,43-,44+,45+,46-,47-,48?/m0/s1. The van der Waals surface area contributed by atoms with E-state index < -0.39 is 121 Å². The second kappa shape index (κ2) is 16.6. The summed E-state index contributed by atoms with van der Waals surface area (Å²) >= 11 is 0. The van der Waals surface area contributed by atoms with Crippen LogP contribution in [-0.2, 0) is 42.7 Å². The maximum atomic E-state index is 13.9. The van der Waals surface area contributed by atoms with Gasteiger partial charge in [0.2, 0.25) is 0 Å². The van der Waals surface area contributed by atoms with Gasteiger partial charge >= 0.3 is 5.97 Å². The molecule has 5 aliphatic heterocycles. The Balaban J connectivity index is 1.02. The fraction of sp³-hybridized carbons (Fsp3) is 0.938. The molecule has 0 aromatic rings. The highest BCUT2D eigenvalue weighted by Gasteiger charge is 2.75. The summed E-state index contributed by atoms with van der Waals surface area (Å²) in [6, 6.07) is 0. The first-order valence-corrected chi connectivity index (χ1v) is 24.3. The average molecular weight is 941 g/mol. The van der Waals surface area contributed by atoms with Gasteiger partial charge in [0.25, 0.3) is 0 Å². The van der Waals surface area contributed by atoms with E-state index >= 15 is 0 Å². The zero-order valence-electron chi connectivity index (χ0n) is 39.9. The molecule has 10 rings (SSSR count). The van der Waals surface area contributed by atoms with Crippen molar-refractivity contribution in [2.75, 3.05) is 20.3 Å². The van der Waals surface area contributed by atoms with E-state index in [-0.39, 0.29) is 46.8 Å². The van der Waals surface area contributed by atoms with Gasteiger partial charge in [-0.25, -0.2) is 0 Å². The highest BCUT2D eigenvalue weighted by Crippen LogP contribution is 2.77. The van der Waals surface area contributed by atoms with E-state index in [9.17, 15) is 50.8 Å². The van der Waals surface area contributed by atoms with Gasteiger partial charge in [-0.1, -0.05) is 34.6 Å². The number of aliphatic hydroxyl groups is 9. The van der Waals surface area contributed by atoms with E-state index in [2.05, 4.69) is 34.6 Å². The van der Waals surface area contributed by atoms with Crippen molar-refractivity contribution in [1.82, 2.24) is 0 Å². The molecule has 0 radical (unpaired) electrons. The molecule has 4 saturated carbocycles. The number of methoxy groups -OCH3 is 1. The third-order valence-corrected chi connectivity index (χ3v) is 19.9. The molecule has 0 aromatic carbocycles. The Morgan fingerprint density at radius 3 is 1.98 bits per heavy atom. The van der Waals surface area contributed by atoms with Crippen LogP contribution >= 0.6 is 0 Å². The Labute approximate surface area is 386 Å². The number of carbonyl (C=O) groups is 1. The average Bonchev–Trinajstić information content (AvgIpc) is 3.26. The number of rotatable bonds is 8. The molecule has 376 valence electrons. The lowest BCUT2D eigenvalue weighted by Crippen LogP contribution is -2.72. The van der Waals surface area contributed by atoms with Crippen LogP contribution in [-0.4, -0.2) is 182 Å². The number of hydrogen-bond acceptors (Lipinski definition) is 18. The van der Waals surface area contributed by atoms with Crippen molar-refractivity contribution in [2.24, 2.45) is 38.9 Å². The molecule has 18 heteroatoms. The first-order chi connectivity index (χ1) is 30.8. The molecule has 1 unspecified atom stereocenters. The summed E-state index contributed by atoms with van der Waals surface area (Å²) in [6.07, 6.45) is -15.6. The minimum atomic E-state index is -1.81. The Morgan fingerprint density at radius 2 is 1.33 bits per heavy atom. The maximum Gasteiger partial charge on any atom is 0.317 e. The normalized spacial score (nSPS) is 56.7. The van der Waals surface area contributed by atoms with E-state index in [1.807, 2.05) is 13.8 Å². The van der Waals surface area contributed by atoms with Crippen molar-refractivity contribution in [3.05, 3.63) is 11.1 Å². The van der Waals surface area contributed by atoms with Gasteiger partial charge in [0.1, 0.15) is 72.2 Å². The van der Waals surface area contributed by atoms with Crippen LogP contribution in [0.25, 0.3) is 0 Å². The number of carbonyl (C=O) groups excluding carboxylic acids is 1. The second-order valence-electron chi connectivity index (χ2n) is 23.3. The monoisotopic (exact) mass is 941 g/mol. The predicted molar refractivity (Wildman–Crippen MR) is 229 cm³/mol. The molecule has 66 heavy (non-hydrogen) atoms. The fourth-order valence-corrected chi connectivity index (χ4v) is 15.5. The van der Waals surface area contributed by atoms with Crippen LogP contribution in [0, 0.1) is 38.9 Å². The highest BCUT2D eigenvalue weighted by atomic mass is 16.8. The molecule has 0 aromatic heterocycles. The van der Waals surface area contributed by atoms with Crippen LogP contribution in [0.5, 0.6) is 0 Å². The molecule has 2 bridgehead atoms. The maximum absolute atomic E-state index is 13.9. The summed E-state index contributed by atoms with van der Waals surface area (Å²) in [4.78, 5) is 13.9. The molecule has 5 aliphatic carbocycles. The minimum absolute atomic E-state index is 0.130. The number of aliphatic hydroxyl groups excluding tert-OH is 8. The minimum Gasteiger partial charge on any atom is -0.455 e.